The molecule has 2 heterocycles. The number of carbonyl (C=O) groups is 1. The average molecular weight is 402 g/mol. The third-order valence-electron chi connectivity index (χ3n) is 4.76. The number of benzene rings is 2. The molecule has 7 nitrogen and oxygen atoms in total. The molecule has 0 bridgehead atoms. The van der Waals surface area contributed by atoms with Gasteiger partial charge in [0, 0.05) is 5.56 Å². The van der Waals surface area contributed by atoms with Crippen LogP contribution in [-0.4, -0.2) is 17.7 Å². The molecule has 0 radical (unpaired) electrons. The number of nitriles is 1. The Morgan fingerprint density at radius 2 is 1.93 bits per heavy atom. The Labute approximate surface area is 173 Å². The molecule has 3 aromatic rings. The predicted octanol–water partition coefficient (Wildman–Crippen LogP) is 4.39. The third kappa shape index (κ3) is 3.89. The molecule has 150 valence electrons. The number of Topliss-reactive ketones (excluding diaryl/α,β-unsaturated/α-hetero) is 1. The van der Waals surface area contributed by atoms with E-state index in [1.54, 1.807) is 48.5 Å². The van der Waals surface area contributed by atoms with E-state index in [0.717, 1.165) is 17.0 Å². The second-order valence-electron chi connectivity index (χ2n) is 6.73. The second-order valence-corrected chi connectivity index (χ2v) is 6.73. The van der Waals surface area contributed by atoms with Gasteiger partial charge in [0.05, 0.1) is 11.3 Å². The van der Waals surface area contributed by atoms with Gasteiger partial charge < -0.3 is 18.7 Å². The van der Waals surface area contributed by atoms with Crippen molar-refractivity contribution in [1.29, 1.82) is 5.26 Å². The highest BCUT2D eigenvalue weighted by atomic mass is 16.7. The van der Waals surface area contributed by atoms with Gasteiger partial charge in [-0.2, -0.15) is 5.26 Å². The quantitative estimate of drug-likeness (QED) is 0.343. The molecule has 0 saturated heterocycles. The number of ether oxygens (including phenoxy) is 3. The van der Waals surface area contributed by atoms with Gasteiger partial charge in [-0.1, -0.05) is 17.3 Å². The second kappa shape index (κ2) is 8.13. The van der Waals surface area contributed by atoms with Gasteiger partial charge in [-0.05, 0) is 55.8 Å². The first-order valence-electron chi connectivity index (χ1n) is 9.26. The summed E-state index contributed by atoms with van der Waals surface area (Å²) in [7, 11) is 0. The summed E-state index contributed by atoms with van der Waals surface area (Å²) in [5.74, 6) is 2.09. The third-order valence-corrected chi connectivity index (χ3v) is 4.76. The van der Waals surface area contributed by atoms with Gasteiger partial charge in [0.25, 0.3) is 0 Å². The van der Waals surface area contributed by atoms with Gasteiger partial charge in [0.15, 0.2) is 11.5 Å². The van der Waals surface area contributed by atoms with Crippen LogP contribution in [0, 0.1) is 25.2 Å². The molecule has 0 saturated carbocycles. The van der Waals surface area contributed by atoms with Crippen LogP contribution in [-0.2, 0) is 6.61 Å². The molecule has 1 aliphatic heterocycles. The Hall–Kier alpha value is -4.05. The molecular formula is C23H18N2O5. The van der Waals surface area contributed by atoms with E-state index in [2.05, 4.69) is 5.16 Å². The number of rotatable bonds is 6. The summed E-state index contributed by atoms with van der Waals surface area (Å²) >= 11 is 0. The summed E-state index contributed by atoms with van der Waals surface area (Å²) in [4.78, 5) is 12.7. The molecule has 7 heteroatoms. The maximum Gasteiger partial charge on any atom is 0.231 e. The van der Waals surface area contributed by atoms with Crippen molar-refractivity contribution in [3.63, 3.8) is 0 Å². The number of nitrogens with zero attached hydrogens (tertiary/aromatic N) is 2. The number of allylic oxidation sites excluding steroid dienone is 1. The minimum absolute atomic E-state index is 0.0262. The molecule has 30 heavy (non-hydrogen) atoms. The fourth-order valence-corrected chi connectivity index (χ4v) is 3.03. The average Bonchev–Trinajstić information content (AvgIpc) is 3.36. The first kappa shape index (κ1) is 19.3. The Morgan fingerprint density at radius 1 is 1.17 bits per heavy atom. The minimum Gasteiger partial charge on any atom is -0.489 e. The number of aromatic nitrogens is 1. The lowest BCUT2D eigenvalue weighted by atomic mass is 10.0. The summed E-state index contributed by atoms with van der Waals surface area (Å²) in [5.41, 5.74) is 2.82. The summed E-state index contributed by atoms with van der Waals surface area (Å²) in [6.07, 6.45) is 1.55. The molecule has 0 fully saturated rings. The predicted molar refractivity (Wildman–Crippen MR) is 107 cm³/mol. The fraction of sp³-hybridized carbons (Fsp3) is 0.174. The van der Waals surface area contributed by atoms with E-state index < -0.39 is 0 Å². The molecule has 4 rings (SSSR count). The highest BCUT2D eigenvalue weighted by molar-refractivity contribution is 6.14. The van der Waals surface area contributed by atoms with Crippen LogP contribution < -0.4 is 14.2 Å². The van der Waals surface area contributed by atoms with Crippen LogP contribution in [0.5, 0.6) is 17.2 Å². The normalized spacial score (nSPS) is 12.5. The molecule has 0 aliphatic carbocycles. The molecule has 0 amide bonds. The highest BCUT2D eigenvalue weighted by Gasteiger charge is 2.18. The van der Waals surface area contributed by atoms with Crippen molar-refractivity contribution in [1.82, 2.24) is 5.16 Å². The van der Waals surface area contributed by atoms with E-state index in [4.69, 9.17) is 18.7 Å². The first-order valence-corrected chi connectivity index (χ1v) is 9.26. The SMILES string of the molecule is Cc1noc(C)c1COc1ccc(/C=C(/C#N)C(=O)c2ccc3c(c2)OCO3)cc1. The van der Waals surface area contributed by atoms with Crippen molar-refractivity contribution >= 4 is 11.9 Å². The van der Waals surface area contributed by atoms with E-state index in [1.165, 1.54) is 0 Å². The van der Waals surface area contributed by atoms with Crippen LogP contribution in [0.15, 0.2) is 52.6 Å². The molecule has 2 aromatic carbocycles. The minimum atomic E-state index is -0.380. The summed E-state index contributed by atoms with van der Waals surface area (Å²) in [5, 5.41) is 13.4. The van der Waals surface area contributed by atoms with Crippen molar-refractivity contribution in [2.24, 2.45) is 0 Å². The lowest BCUT2D eigenvalue weighted by Gasteiger charge is -2.06. The first-order chi connectivity index (χ1) is 14.5. The zero-order valence-corrected chi connectivity index (χ0v) is 16.5. The number of aryl methyl sites for hydroxylation is 2. The standard InChI is InChI=1S/C23H18N2O5/c1-14-20(15(2)30-25-14)12-27-19-6-3-16(4-7-19)9-18(11-24)23(26)17-5-8-21-22(10-17)29-13-28-21/h3-10H,12-13H2,1-2H3/b18-9-. The van der Waals surface area contributed by atoms with Gasteiger partial charge in [-0.3, -0.25) is 4.79 Å². The van der Waals surface area contributed by atoms with E-state index in [0.29, 0.717) is 35.0 Å². The smallest absolute Gasteiger partial charge is 0.231 e. The van der Waals surface area contributed by atoms with Crippen molar-refractivity contribution in [3.8, 4) is 23.3 Å². The maximum absolute atomic E-state index is 12.7. The zero-order valence-electron chi connectivity index (χ0n) is 16.5. The molecule has 0 unspecified atom stereocenters. The maximum atomic E-state index is 12.7. The Bertz CT molecular complexity index is 1150. The Balaban J connectivity index is 1.47. The van der Waals surface area contributed by atoms with Crippen molar-refractivity contribution in [2.75, 3.05) is 6.79 Å². The van der Waals surface area contributed by atoms with Crippen LogP contribution in [0.3, 0.4) is 0 Å². The van der Waals surface area contributed by atoms with Crippen molar-refractivity contribution in [3.05, 3.63) is 76.2 Å². The number of fused-ring (bicyclic) bond motifs is 1. The topological polar surface area (TPSA) is 94.6 Å². The monoisotopic (exact) mass is 402 g/mol. The van der Waals surface area contributed by atoms with Gasteiger partial charge >= 0.3 is 0 Å². The van der Waals surface area contributed by atoms with Crippen LogP contribution in [0.4, 0.5) is 0 Å². The highest BCUT2D eigenvalue weighted by Crippen LogP contribution is 2.33. The van der Waals surface area contributed by atoms with E-state index >= 15 is 0 Å². The van der Waals surface area contributed by atoms with E-state index in [9.17, 15) is 10.1 Å². The van der Waals surface area contributed by atoms with Crippen LogP contribution in [0.2, 0.25) is 0 Å². The molecular weight excluding hydrogens is 384 g/mol. The van der Waals surface area contributed by atoms with Crippen LogP contribution in [0.25, 0.3) is 6.08 Å². The lowest BCUT2D eigenvalue weighted by Crippen LogP contribution is -2.02. The summed E-state index contributed by atoms with van der Waals surface area (Å²) < 4.78 is 21.5. The van der Waals surface area contributed by atoms with E-state index in [-0.39, 0.29) is 18.1 Å². The Morgan fingerprint density at radius 3 is 2.63 bits per heavy atom. The molecule has 1 aromatic heterocycles. The fourth-order valence-electron chi connectivity index (χ4n) is 3.03. The molecule has 0 N–H and O–H groups in total. The van der Waals surface area contributed by atoms with Crippen LogP contribution >= 0.6 is 0 Å². The number of hydrogen-bond acceptors (Lipinski definition) is 7. The number of hydrogen-bond donors (Lipinski definition) is 0. The van der Waals surface area contributed by atoms with Crippen molar-refractivity contribution in [2.45, 2.75) is 20.5 Å². The molecule has 1 aliphatic rings. The van der Waals surface area contributed by atoms with Gasteiger partial charge in [0.2, 0.25) is 12.6 Å². The molecule has 0 spiro atoms. The molecule has 0 atom stereocenters. The van der Waals surface area contributed by atoms with Crippen molar-refractivity contribution < 1.29 is 23.5 Å². The summed E-state index contributed by atoms with van der Waals surface area (Å²) in [6.45, 7) is 4.18. The van der Waals surface area contributed by atoms with Gasteiger partial charge in [-0.25, -0.2) is 0 Å². The van der Waals surface area contributed by atoms with E-state index in [1.807, 2.05) is 19.9 Å². The number of carbonyl (C=O) groups excluding carboxylic acids is 1. The van der Waals surface area contributed by atoms with Gasteiger partial charge in [0.1, 0.15) is 29.8 Å². The number of ketones is 1. The largest absolute Gasteiger partial charge is 0.489 e. The Kier molecular flexibility index (Phi) is 5.22. The van der Waals surface area contributed by atoms with Gasteiger partial charge in [-0.15, -0.1) is 0 Å². The lowest BCUT2D eigenvalue weighted by molar-refractivity contribution is 0.103. The summed E-state index contributed by atoms with van der Waals surface area (Å²) in [6, 6.07) is 14.0. The van der Waals surface area contributed by atoms with Crippen LogP contribution in [0.1, 0.15) is 32.9 Å². The zero-order chi connectivity index (χ0) is 21.1.